The van der Waals surface area contributed by atoms with Gasteiger partial charge in [-0.1, -0.05) is 41.4 Å². The van der Waals surface area contributed by atoms with Gasteiger partial charge in [-0.3, -0.25) is 10.1 Å². The van der Waals surface area contributed by atoms with Crippen LogP contribution in [-0.2, 0) is 0 Å². The van der Waals surface area contributed by atoms with E-state index in [9.17, 15) is 4.79 Å². The first-order chi connectivity index (χ1) is 15.1. The van der Waals surface area contributed by atoms with Crippen molar-refractivity contribution in [3.63, 3.8) is 0 Å². The lowest BCUT2D eigenvalue weighted by molar-refractivity contribution is 0.102. The lowest BCUT2D eigenvalue weighted by Crippen LogP contribution is -2.12. The number of para-hydroxylation sites is 1. The Kier molecular flexibility index (Phi) is 5.19. The number of pyridine rings is 1. The standard InChI is InChI=1S/C23H13Cl2N3O2S/c24-13-5-6-17(25)16(11-13)20-7-8-21(30-20)19-12-15(14-3-1-2-4-18(14)27-19)22(29)28-23-26-9-10-31-23/h1-12H,(H,26,28,29). The summed E-state index contributed by atoms with van der Waals surface area (Å²) in [6.45, 7) is 0. The number of anilines is 1. The minimum Gasteiger partial charge on any atom is -0.454 e. The molecule has 5 rings (SSSR count). The van der Waals surface area contributed by atoms with Crippen LogP contribution in [-0.4, -0.2) is 15.9 Å². The summed E-state index contributed by atoms with van der Waals surface area (Å²) in [5.41, 5.74) is 2.38. The van der Waals surface area contributed by atoms with Gasteiger partial charge in [0.1, 0.15) is 11.5 Å². The zero-order valence-corrected chi connectivity index (χ0v) is 18.1. The lowest BCUT2D eigenvalue weighted by atomic mass is 10.1. The fraction of sp³-hybridized carbons (Fsp3) is 0. The molecular weight excluding hydrogens is 453 g/mol. The van der Waals surface area contributed by atoms with Crippen LogP contribution in [0.15, 0.2) is 76.7 Å². The first-order valence-corrected chi connectivity index (χ1v) is 10.9. The van der Waals surface area contributed by atoms with Crippen molar-refractivity contribution in [2.75, 3.05) is 5.32 Å². The molecule has 0 aliphatic carbocycles. The quantitative estimate of drug-likeness (QED) is 0.305. The highest BCUT2D eigenvalue weighted by atomic mass is 35.5. The summed E-state index contributed by atoms with van der Waals surface area (Å²) in [5.74, 6) is 0.811. The Labute approximate surface area is 191 Å². The molecule has 0 aliphatic rings. The smallest absolute Gasteiger partial charge is 0.258 e. The number of rotatable bonds is 4. The number of amides is 1. The predicted molar refractivity (Wildman–Crippen MR) is 125 cm³/mol. The number of nitrogens with one attached hydrogen (secondary N) is 1. The van der Waals surface area contributed by atoms with Crippen LogP contribution in [0, 0.1) is 0 Å². The number of fused-ring (bicyclic) bond motifs is 1. The van der Waals surface area contributed by atoms with E-state index in [1.165, 1.54) is 11.3 Å². The number of halogens is 2. The minimum absolute atomic E-state index is 0.264. The Morgan fingerprint density at radius 2 is 1.84 bits per heavy atom. The van der Waals surface area contributed by atoms with E-state index in [-0.39, 0.29) is 5.91 Å². The van der Waals surface area contributed by atoms with Crippen LogP contribution in [0.1, 0.15) is 10.4 Å². The van der Waals surface area contributed by atoms with Crippen LogP contribution in [0.25, 0.3) is 33.7 Å². The van der Waals surface area contributed by atoms with E-state index in [0.29, 0.717) is 49.0 Å². The molecule has 31 heavy (non-hydrogen) atoms. The molecule has 0 fully saturated rings. The summed E-state index contributed by atoms with van der Waals surface area (Å²) in [5, 5.41) is 6.99. The number of hydrogen-bond acceptors (Lipinski definition) is 5. The van der Waals surface area contributed by atoms with Crippen molar-refractivity contribution in [2.24, 2.45) is 0 Å². The third kappa shape index (κ3) is 3.93. The third-order valence-electron chi connectivity index (χ3n) is 4.67. The number of carbonyl (C=O) groups excluding carboxylic acids is 1. The second-order valence-electron chi connectivity index (χ2n) is 6.65. The van der Waals surface area contributed by atoms with E-state index in [4.69, 9.17) is 27.6 Å². The van der Waals surface area contributed by atoms with Crippen LogP contribution in [0.5, 0.6) is 0 Å². The topological polar surface area (TPSA) is 68.0 Å². The molecule has 5 nitrogen and oxygen atoms in total. The molecule has 152 valence electrons. The highest BCUT2D eigenvalue weighted by molar-refractivity contribution is 7.13. The average Bonchev–Trinajstić information content (AvgIpc) is 3.47. The molecule has 8 heteroatoms. The first-order valence-electron chi connectivity index (χ1n) is 9.25. The summed E-state index contributed by atoms with van der Waals surface area (Å²) >= 11 is 13.8. The second kappa shape index (κ2) is 8.15. The first kappa shape index (κ1) is 19.8. The van der Waals surface area contributed by atoms with Crippen molar-refractivity contribution in [2.45, 2.75) is 0 Å². The van der Waals surface area contributed by atoms with Crippen LogP contribution in [0.2, 0.25) is 10.0 Å². The third-order valence-corrected chi connectivity index (χ3v) is 5.92. The molecule has 1 N–H and O–H groups in total. The molecule has 0 radical (unpaired) electrons. The highest BCUT2D eigenvalue weighted by Gasteiger charge is 2.17. The number of nitrogens with zero attached hydrogens (tertiary/aromatic N) is 2. The largest absolute Gasteiger partial charge is 0.454 e. The SMILES string of the molecule is O=C(Nc1nccs1)c1cc(-c2ccc(-c3cc(Cl)ccc3Cl)o2)nc2ccccc12. The van der Waals surface area contributed by atoms with E-state index < -0.39 is 0 Å². The summed E-state index contributed by atoms with van der Waals surface area (Å²) in [4.78, 5) is 21.8. The molecular formula is C23H13Cl2N3O2S. The Hall–Kier alpha value is -3.19. The number of benzene rings is 2. The lowest BCUT2D eigenvalue weighted by Gasteiger charge is -2.08. The van der Waals surface area contributed by atoms with Crippen LogP contribution >= 0.6 is 34.5 Å². The Bertz CT molecular complexity index is 1410. The number of hydrogen-bond donors (Lipinski definition) is 1. The molecule has 3 aromatic heterocycles. The zero-order valence-electron chi connectivity index (χ0n) is 15.8. The van der Waals surface area contributed by atoms with E-state index >= 15 is 0 Å². The number of thiazole rings is 1. The van der Waals surface area contributed by atoms with Gasteiger partial charge in [0.25, 0.3) is 5.91 Å². The van der Waals surface area contributed by atoms with Gasteiger partial charge < -0.3 is 4.42 Å². The normalized spacial score (nSPS) is 11.0. The summed E-state index contributed by atoms with van der Waals surface area (Å²) < 4.78 is 6.03. The molecule has 2 aromatic carbocycles. The van der Waals surface area contributed by atoms with Crippen LogP contribution < -0.4 is 5.32 Å². The van der Waals surface area contributed by atoms with Crippen molar-refractivity contribution in [3.8, 4) is 22.8 Å². The Morgan fingerprint density at radius 1 is 1.00 bits per heavy atom. The molecule has 0 saturated heterocycles. The fourth-order valence-electron chi connectivity index (χ4n) is 3.25. The van der Waals surface area contributed by atoms with Gasteiger partial charge in [0, 0.05) is 27.5 Å². The number of aromatic nitrogens is 2. The Balaban J connectivity index is 1.59. The van der Waals surface area contributed by atoms with Crippen molar-refractivity contribution in [1.82, 2.24) is 9.97 Å². The molecule has 3 heterocycles. The van der Waals surface area contributed by atoms with Gasteiger partial charge in [0.05, 0.1) is 16.1 Å². The maximum atomic E-state index is 13.0. The molecule has 0 aliphatic heterocycles. The molecule has 0 bridgehead atoms. The maximum absolute atomic E-state index is 13.0. The number of furan rings is 1. The predicted octanol–water partition coefficient (Wildman–Crippen LogP) is 7.18. The van der Waals surface area contributed by atoms with Crippen molar-refractivity contribution in [3.05, 3.63) is 87.8 Å². The monoisotopic (exact) mass is 465 g/mol. The van der Waals surface area contributed by atoms with Gasteiger partial charge in [-0.25, -0.2) is 9.97 Å². The second-order valence-corrected chi connectivity index (χ2v) is 8.39. The van der Waals surface area contributed by atoms with Gasteiger partial charge in [-0.15, -0.1) is 11.3 Å². The zero-order chi connectivity index (χ0) is 21.4. The van der Waals surface area contributed by atoms with E-state index in [0.717, 1.165) is 5.39 Å². The molecule has 0 spiro atoms. The summed E-state index contributed by atoms with van der Waals surface area (Å²) in [6, 6.07) is 18.0. The summed E-state index contributed by atoms with van der Waals surface area (Å²) in [7, 11) is 0. The Morgan fingerprint density at radius 3 is 2.68 bits per heavy atom. The van der Waals surface area contributed by atoms with Crippen molar-refractivity contribution < 1.29 is 9.21 Å². The highest BCUT2D eigenvalue weighted by Crippen LogP contribution is 2.35. The summed E-state index contributed by atoms with van der Waals surface area (Å²) in [6.07, 6.45) is 1.64. The molecule has 1 amide bonds. The van der Waals surface area contributed by atoms with Crippen molar-refractivity contribution >= 4 is 56.5 Å². The van der Waals surface area contributed by atoms with E-state index in [1.54, 1.807) is 48.0 Å². The average molecular weight is 466 g/mol. The molecule has 0 unspecified atom stereocenters. The van der Waals surface area contributed by atoms with E-state index in [2.05, 4.69) is 15.3 Å². The minimum atomic E-state index is -0.264. The van der Waals surface area contributed by atoms with Gasteiger partial charge >= 0.3 is 0 Å². The van der Waals surface area contributed by atoms with Gasteiger partial charge in [0.15, 0.2) is 10.9 Å². The van der Waals surface area contributed by atoms with Crippen molar-refractivity contribution in [1.29, 1.82) is 0 Å². The van der Waals surface area contributed by atoms with Gasteiger partial charge in [-0.05, 0) is 42.5 Å². The maximum Gasteiger partial charge on any atom is 0.258 e. The molecule has 0 atom stereocenters. The van der Waals surface area contributed by atoms with E-state index in [1.807, 2.05) is 24.3 Å². The number of carbonyl (C=O) groups is 1. The van der Waals surface area contributed by atoms with Gasteiger partial charge in [-0.2, -0.15) is 0 Å². The van der Waals surface area contributed by atoms with Crippen LogP contribution in [0.4, 0.5) is 5.13 Å². The fourth-order valence-corrected chi connectivity index (χ4v) is 4.15. The molecule has 5 aromatic rings. The van der Waals surface area contributed by atoms with Gasteiger partial charge in [0.2, 0.25) is 0 Å². The van der Waals surface area contributed by atoms with Crippen LogP contribution in [0.3, 0.4) is 0 Å². The molecule has 0 saturated carbocycles.